The van der Waals surface area contributed by atoms with Crippen molar-refractivity contribution in [3.8, 4) is 5.75 Å². The molecular weight excluding hydrogens is 210 g/mol. The van der Waals surface area contributed by atoms with E-state index in [2.05, 4.69) is 4.74 Å². The van der Waals surface area contributed by atoms with Crippen molar-refractivity contribution in [3.63, 3.8) is 0 Å². The van der Waals surface area contributed by atoms with Gasteiger partial charge in [0.1, 0.15) is 5.75 Å². The first-order valence-electron chi connectivity index (χ1n) is 3.96. The Morgan fingerprint density at radius 2 is 2.00 bits per heavy atom. The highest BCUT2D eigenvalue weighted by molar-refractivity contribution is 5.74. The number of carbonyl (C=O) groups is 1. The molecule has 0 aliphatic heterocycles. The summed E-state index contributed by atoms with van der Waals surface area (Å²) in [4.78, 5) is 10.1. The van der Waals surface area contributed by atoms with Gasteiger partial charge in [0.2, 0.25) is 0 Å². The predicted octanol–water partition coefficient (Wildman–Crippen LogP) is 1.24. The van der Waals surface area contributed by atoms with Crippen molar-refractivity contribution in [2.24, 2.45) is 0 Å². The number of ether oxygens (including phenoxy) is 1. The van der Waals surface area contributed by atoms with Crippen molar-refractivity contribution in [1.29, 1.82) is 0 Å². The maximum atomic E-state index is 12.6. The van der Waals surface area contributed by atoms with E-state index in [-0.39, 0.29) is 11.3 Å². The van der Waals surface area contributed by atoms with E-state index in [0.29, 0.717) is 0 Å². The average Bonchev–Trinajstić information content (AvgIpc) is 2.18. The fourth-order valence-corrected chi connectivity index (χ4v) is 0.916. The minimum atomic E-state index is -4.30. The Labute approximate surface area is 83.7 Å². The Morgan fingerprint density at radius 1 is 1.40 bits per heavy atom. The number of hydrogen-bond acceptors (Lipinski definition) is 3. The molecule has 0 saturated carbocycles. The van der Waals surface area contributed by atoms with Crippen LogP contribution < -0.4 is 4.74 Å². The minimum Gasteiger partial charge on any atom is -0.474 e. The number of halogens is 2. The van der Waals surface area contributed by atoms with Gasteiger partial charge < -0.3 is 14.9 Å². The van der Waals surface area contributed by atoms with Crippen LogP contribution in [0.2, 0.25) is 0 Å². The topological polar surface area (TPSA) is 66.8 Å². The lowest BCUT2D eigenvalue weighted by Crippen LogP contribution is -2.35. The summed E-state index contributed by atoms with van der Waals surface area (Å²) in [6.45, 7) is -0.508. The quantitative estimate of drug-likeness (QED) is 0.797. The molecule has 0 aromatic heterocycles. The molecule has 0 atom stereocenters. The number of rotatable bonds is 4. The number of benzene rings is 1. The standard InChI is InChI=1S/C9H8F2O4/c10-9(11,8(13)14)15-7-4-2-1-3-6(7)5-12/h1-4,12H,5H2,(H,13,14). The molecule has 0 aliphatic carbocycles. The number of hydrogen-bond donors (Lipinski definition) is 2. The lowest BCUT2D eigenvalue weighted by atomic mass is 10.2. The van der Waals surface area contributed by atoms with Gasteiger partial charge in [-0.1, -0.05) is 18.2 Å². The zero-order chi connectivity index (χ0) is 11.5. The molecule has 2 N–H and O–H groups in total. The van der Waals surface area contributed by atoms with E-state index in [1.165, 1.54) is 18.2 Å². The molecule has 1 aromatic rings. The van der Waals surface area contributed by atoms with Gasteiger partial charge in [-0.25, -0.2) is 4.79 Å². The Bertz CT molecular complexity index is 365. The number of carboxylic acids is 1. The highest BCUT2D eigenvalue weighted by Gasteiger charge is 2.42. The van der Waals surface area contributed by atoms with E-state index in [0.717, 1.165) is 6.07 Å². The maximum Gasteiger partial charge on any atom is 0.501 e. The zero-order valence-electron chi connectivity index (χ0n) is 7.48. The van der Waals surface area contributed by atoms with Gasteiger partial charge in [-0.3, -0.25) is 0 Å². The van der Waals surface area contributed by atoms with Crippen LogP contribution >= 0.6 is 0 Å². The zero-order valence-corrected chi connectivity index (χ0v) is 7.48. The van der Waals surface area contributed by atoms with E-state index in [4.69, 9.17) is 10.2 Å². The predicted molar refractivity (Wildman–Crippen MR) is 45.6 cm³/mol. The van der Waals surface area contributed by atoms with Crippen molar-refractivity contribution in [2.75, 3.05) is 0 Å². The van der Waals surface area contributed by atoms with Gasteiger partial charge in [-0.15, -0.1) is 0 Å². The summed E-state index contributed by atoms with van der Waals surface area (Å²) in [5.41, 5.74) is 0.0958. The highest BCUT2D eigenvalue weighted by atomic mass is 19.3. The Morgan fingerprint density at radius 3 is 2.53 bits per heavy atom. The Balaban J connectivity index is 2.94. The molecule has 0 radical (unpaired) electrons. The molecule has 0 amide bonds. The molecule has 82 valence electrons. The molecule has 0 saturated heterocycles. The summed E-state index contributed by atoms with van der Waals surface area (Å²) >= 11 is 0. The van der Waals surface area contributed by atoms with Gasteiger partial charge in [-0.2, -0.15) is 8.78 Å². The van der Waals surface area contributed by atoms with Crippen LogP contribution in [0.1, 0.15) is 5.56 Å². The van der Waals surface area contributed by atoms with Crippen LogP contribution in [-0.4, -0.2) is 22.3 Å². The first-order chi connectivity index (χ1) is 6.97. The highest BCUT2D eigenvalue weighted by Crippen LogP contribution is 2.25. The smallest absolute Gasteiger partial charge is 0.474 e. The first-order valence-corrected chi connectivity index (χ1v) is 3.96. The molecule has 1 aromatic carbocycles. The minimum absolute atomic E-state index is 0.0958. The lowest BCUT2D eigenvalue weighted by Gasteiger charge is -2.15. The Hall–Kier alpha value is -1.69. The molecule has 0 bridgehead atoms. The van der Waals surface area contributed by atoms with Gasteiger partial charge in [0.05, 0.1) is 6.61 Å². The number of alkyl halides is 2. The van der Waals surface area contributed by atoms with E-state index in [1.807, 2.05) is 0 Å². The SMILES string of the molecule is O=C(O)C(F)(F)Oc1ccccc1CO. The van der Waals surface area contributed by atoms with Crippen molar-refractivity contribution < 1.29 is 28.5 Å². The summed E-state index contributed by atoms with van der Waals surface area (Å²) in [5, 5.41) is 16.9. The van der Waals surface area contributed by atoms with Crippen LogP contribution in [0.25, 0.3) is 0 Å². The van der Waals surface area contributed by atoms with Crippen LogP contribution in [0, 0.1) is 0 Å². The molecule has 0 fully saturated rings. The number of aliphatic hydroxyl groups is 1. The summed E-state index contributed by atoms with van der Waals surface area (Å²) < 4.78 is 29.3. The molecular formula is C9H8F2O4. The molecule has 0 heterocycles. The largest absolute Gasteiger partial charge is 0.501 e. The van der Waals surface area contributed by atoms with Gasteiger partial charge in [0.15, 0.2) is 0 Å². The fourth-order valence-electron chi connectivity index (χ4n) is 0.916. The number of aliphatic carboxylic acids is 1. The van der Waals surface area contributed by atoms with Crippen molar-refractivity contribution >= 4 is 5.97 Å². The van der Waals surface area contributed by atoms with Gasteiger partial charge in [-0.05, 0) is 6.07 Å². The summed E-state index contributed by atoms with van der Waals surface area (Å²) in [5.74, 6) is -2.73. The third kappa shape index (κ3) is 2.63. The molecule has 15 heavy (non-hydrogen) atoms. The first kappa shape index (κ1) is 11.4. The van der Waals surface area contributed by atoms with Crippen LogP contribution in [0.15, 0.2) is 24.3 Å². The van der Waals surface area contributed by atoms with Crippen molar-refractivity contribution in [1.82, 2.24) is 0 Å². The van der Waals surface area contributed by atoms with Crippen LogP contribution in [-0.2, 0) is 11.4 Å². The number of carboxylic acid groups (broad SMARTS) is 1. The van der Waals surface area contributed by atoms with Gasteiger partial charge in [0, 0.05) is 5.56 Å². The molecule has 1 rings (SSSR count). The van der Waals surface area contributed by atoms with Crippen LogP contribution in [0.4, 0.5) is 8.78 Å². The van der Waals surface area contributed by atoms with Gasteiger partial charge >= 0.3 is 12.1 Å². The second-order valence-corrected chi connectivity index (χ2v) is 2.69. The molecule has 0 spiro atoms. The van der Waals surface area contributed by atoms with Crippen LogP contribution in [0.3, 0.4) is 0 Å². The molecule has 6 heteroatoms. The van der Waals surface area contributed by atoms with Crippen molar-refractivity contribution in [3.05, 3.63) is 29.8 Å². The van der Waals surface area contributed by atoms with Crippen molar-refractivity contribution in [2.45, 2.75) is 12.7 Å². The molecule has 0 unspecified atom stereocenters. The van der Waals surface area contributed by atoms with Crippen LogP contribution in [0.5, 0.6) is 5.75 Å². The second kappa shape index (κ2) is 4.22. The lowest BCUT2D eigenvalue weighted by molar-refractivity contribution is -0.211. The number of para-hydroxylation sites is 1. The summed E-state index contributed by atoms with van der Waals surface area (Å²) in [6.07, 6.45) is -4.30. The summed E-state index contributed by atoms with van der Waals surface area (Å²) in [7, 11) is 0. The van der Waals surface area contributed by atoms with E-state index >= 15 is 0 Å². The van der Waals surface area contributed by atoms with E-state index in [1.54, 1.807) is 0 Å². The maximum absolute atomic E-state index is 12.6. The monoisotopic (exact) mass is 218 g/mol. The normalized spacial score (nSPS) is 11.1. The molecule has 0 aliphatic rings. The number of aliphatic hydroxyl groups excluding tert-OH is 1. The van der Waals surface area contributed by atoms with E-state index in [9.17, 15) is 13.6 Å². The third-order valence-electron chi connectivity index (χ3n) is 1.63. The second-order valence-electron chi connectivity index (χ2n) is 2.69. The molecule has 4 nitrogen and oxygen atoms in total. The fraction of sp³-hybridized carbons (Fsp3) is 0.222. The Kier molecular flexibility index (Phi) is 3.21. The van der Waals surface area contributed by atoms with Gasteiger partial charge in [0.25, 0.3) is 0 Å². The third-order valence-corrected chi connectivity index (χ3v) is 1.63. The van der Waals surface area contributed by atoms with E-state index < -0.39 is 18.7 Å². The summed E-state index contributed by atoms with van der Waals surface area (Å²) in [6, 6.07) is 5.42. The average molecular weight is 218 g/mol.